The third-order valence-corrected chi connectivity index (χ3v) is 4.19. The topological polar surface area (TPSA) is 81.9 Å². The summed E-state index contributed by atoms with van der Waals surface area (Å²) in [5, 5.41) is 0. The van der Waals surface area contributed by atoms with Gasteiger partial charge in [-0.25, -0.2) is 4.79 Å². The van der Waals surface area contributed by atoms with Crippen molar-refractivity contribution in [2.24, 2.45) is 5.73 Å². The highest BCUT2D eigenvalue weighted by Gasteiger charge is 2.33. The highest BCUT2D eigenvalue weighted by atomic mass is 16.6. The summed E-state index contributed by atoms with van der Waals surface area (Å²) in [5.41, 5.74) is 7.10. The van der Waals surface area contributed by atoms with Gasteiger partial charge in [-0.15, -0.1) is 0 Å². The zero-order valence-electron chi connectivity index (χ0n) is 14.1. The number of ether oxygens (including phenoxy) is 2. The lowest BCUT2D eigenvalue weighted by molar-refractivity contribution is -0.143. The molecule has 0 saturated carbocycles. The molecule has 2 atom stereocenters. The van der Waals surface area contributed by atoms with E-state index < -0.39 is 6.04 Å². The van der Waals surface area contributed by atoms with Gasteiger partial charge in [-0.1, -0.05) is 30.3 Å². The second kappa shape index (κ2) is 9.27. The molecule has 2 N–H and O–H groups in total. The highest BCUT2D eigenvalue weighted by Crippen LogP contribution is 2.22. The number of hydrogen-bond donors (Lipinski definition) is 1. The van der Waals surface area contributed by atoms with Gasteiger partial charge in [0.15, 0.2) is 0 Å². The number of amides is 1. The molecule has 0 spiro atoms. The lowest BCUT2D eigenvalue weighted by atomic mass is 9.94. The van der Waals surface area contributed by atoms with Gasteiger partial charge in [-0.05, 0) is 31.7 Å². The molecule has 1 saturated heterocycles. The maximum Gasteiger partial charge on any atom is 0.410 e. The normalized spacial score (nSPS) is 18.8. The molecule has 0 aliphatic carbocycles. The Morgan fingerprint density at radius 1 is 1.25 bits per heavy atom. The Hall–Kier alpha value is -2.08. The van der Waals surface area contributed by atoms with Crippen LogP contribution in [0, 0.1) is 0 Å². The van der Waals surface area contributed by atoms with Crippen molar-refractivity contribution in [3.05, 3.63) is 35.9 Å². The largest absolute Gasteiger partial charge is 0.466 e. The van der Waals surface area contributed by atoms with Gasteiger partial charge in [0.25, 0.3) is 0 Å². The fourth-order valence-corrected chi connectivity index (χ4v) is 2.98. The minimum Gasteiger partial charge on any atom is -0.466 e. The van der Waals surface area contributed by atoms with E-state index in [1.807, 2.05) is 30.3 Å². The zero-order valence-corrected chi connectivity index (χ0v) is 14.1. The van der Waals surface area contributed by atoms with Crippen molar-refractivity contribution in [3.8, 4) is 0 Å². The number of esters is 1. The van der Waals surface area contributed by atoms with Gasteiger partial charge < -0.3 is 20.1 Å². The molecular weight excluding hydrogens is 308 g/mol. The molecular formula is C18H26N2O4. The first-order chi connectivity index (χ1) is 11.6. The smallest absolute Gasteiger partial charge is 0.410 e. The van der Waals surface area contributed by atoms with E-state index in [4.69, 9.17) is 15.2 Å². The maximum atomic E-state index is 12.4. The number of hydrogen-bond acceptors (Lipinski definition) is 5. The molecule has 0 radical (unpaired) electrons. The van der Waals surface area contributed by atoms with Crippen LogP contribution >= 0.6 is 0 Å². The number of benzene rings is 1. The van der Waals surface area contributed by atoms with Crippen LogP contribution in [0.2, 0.25) is 0 Å². The van der Waals surface area contributed by atoms with Gasteiger partial charge in [-0.2, -0.15) is 0 Å². The molecule has 1 amide bonds. The van der Waals surface area contributed by atoms with Gasteiger partial charge in [0.05, 0.1) is 19.1 Å². The summed E-state index contributed by atoms with van der Waals surface area (Å²) < 4.78 is 10.4. The van der Waals surface area contributed by atoms with E-state index in [0.717, 1.165) is 24.8 Å². The van der Waals surface area contributed by atoms with Crippen molar-refractivity contribution in [2.45, 2.75) is 51.3 Å². The number of carbonyl (C=O) groups excluding carboxylic acids is 2. The molecule has 6 nitrogen and oxygen atoms in total. The van der Waals surface area contributed by atoms with Crippen molar-refractivity contribution in [1.29, 1.82) is 0 Å². The quantitative estimate of drug-likeness (QED) is 0.808. The lowest BCUT2D eigenvalue weighted by Crippen LogP contribution is -2.53. The number of nitrogens with two attached hydrogens (primary N) is 1. The number of carbonyl (C=O) groups is 2. The second-order valence-corrected chi connectivity index (χ2v) is 5.97. The van der Waals surface area contributed by atoms with Gasteiger partial charge in [0.1, 0.15) is 6.61 Å². The zero-order chi connectivity index (χ0) is 17.4. The molecule has 1 aromatic carbocycles. The summed E-state index contributed by atoms with van der Waals surface area (Å²) >= 11 is 0. The van der Waals surface area contributed by atoms with Crippen LogP contribution in [0.1, 0.15) is 38.2 Å². The SMILES string of the molecule is CCOC(=O)C[C@H](N)[C@H]1CCCCN1C(=O)OCc1ccccc1. The molecule has 1 heterocycles. The molecule has 132 valence electrons. The Balaban J connectivity index is 1.92. The van der Waals surface area contributed by atoms with Gasteiger partial charge in [0, 0.05) is 12.6 Å². The Bertz CT molecular complexity index is 535. The summed E-state index contributed by atoms with van der Waals surface area (Å²) in [7, 11) is 0. The average Bonchev–Trinajstić information content (AvgIpc) is 2.60. The van der Waals surface area contributed by atoms with Gasteiger partial charge >= 0.3 is 12.1 Å². The molecule has 24 heavy (non-hydrogen) atoms. The Morgan fingerprint density at radius 3 is 2.71 bits per heavy atom. The number of nitrogens with zero attached hydrogens (tertiary/aromatic N) is 1. The van der Waals surface area contributed by atoms with E-state index in [1.54, 1.807) is 11.8 Å². The van der Waals surface area contributed by atoms with Crippen LogP contribution in [0.5, 0.6) is 0 Å². The van der Waals surface area contributed by atoms with Crippen LogP contribution in [0.15, 0.2) is 30.3 Å². The monoisotopic (exact) mass is 334 g/mol. The summed E-state index contributed by atoms with van der Waals surface area (Å²) in [6, 6.07) is 8.92. The third-order valence-electron chi connectivity index (χ3n) is 4.19. The van der Waals surface area contributed by atoms with Crippen LogP contribution in [-0.2, 0) is 20.9 Å². The minimum atomic E-state index is -0.436. The first-order valence-corrected chi connectivity index (χ1v) is 8.50. The molecule has 0 bridgehead atoms. The molecule has 1 aliphatic heterocycles. The van der Waals surface area contributed by atoms with Gasteiger partial charge in [-0.3, -0.25) is 4.79 Å². The molecule has 1 aliphatic rings. The summed E-state index contributed by atoms with van der Waals surface area (Å²) in [6.45, 7) is 2.93. The Kier molecular flexibility index (Phi) is 7.06. The van der Waals surface area contributed by atoms with Crippen molar-refractivity contribution in [3.63, 3.8) is 0 Å². The fourth-order valence-electron chi connectivity index (χ4n) is 2.98. The first-order valence-electron chi connectivity index (χ1n) is 8.50. The summed E-state index contributed by atoms with van der Waals surface area (Å²) in [6.07, 6.45) is 2.43. The lowest BCUT2D eigenvalue weighted by Gasteiger charge is -2.38. The minimum absolute atomic E-state index is 0.112. The Morgan fingerprint density at radius 2 is 2.00 bits per heavy atom. The molecule has 0 aromatic heterocycles. The first kappa shape index (κ1) is 18.3. The van der Waals surface area contributed by atoms with E-state index in [-0.39, 0.29) is 31.1 Å². The van der Waals surface area contributed by atoms with Crippen LogP contribution in [-0.4, -0.2) is 42.2 Å². The number of rotatable bonds is 6. The van der Waals surface area contributed by atoms with Crippen LogP contribution in [0.25, 0.3) is 0 Å². The standard InChI is InChI=1S/C18H26N2O4/c1-2-23-17(21)12-15(19)16-10-6-7-11-20(16)18(22)24-13-14-8-4-3-5-9-14/h3-5,8-9,15-16H,2,6-7,10-13,19H2,1H3/t15-,16+/m0/s1. The summed E-state index contributed by atoms with van der Waals surface area (Å²) in [4.78, 5) is 25.7. The van der Waals surface area contributed by atoms with Crippen LogP contribution in [0.3, 0.4) is 0 Å². The number of likely N-dealkylation sites (tertiary alicyclic amines) is 1. The molecule has 0 unspecified atom stereocenters. The molecule has 1 fully saturated rings. The molecule has 2 rings (SSSR count). The van der Waals surface area contributed by atoms with E-state index in [2.05, 4.69) is 0 Å². The molecule has 6 heteroatoms. The highest BCUT2D eigenvalue weighted by molar-refractivity contribution is 5.71. The van der Waals surface area contributed by atoms with Crippen molar-refractivity contribution >= 4 is 12.1 Å². The van der Waals surface area contributed by atoms with Crippen LogP contribution < -0.4 is 5.73 Å². The predicted molar refractivity (Wildman–Crippen MR) is 90.2 cm³/mol. The van der Waals surface area contributed by atoms with E-state index >= 15 is 0 Å². The summed E-state index contributed by atoms with van der Waals surface area (Å²) in [5.74, 6) is -0.326. The van der Waals surface area contributed by atoms with E-state index in [9.17, 15) is 9.59 Å². The average molecular weight is 334 g/mol. The molecule has 1 aromatic rings. The maximum absolute atomic E-state index is 12.4. The van der Waals surface area contributed by atoms with Crippen molar-refractivity contribution in [1.82, 2.24) is 4.90 Å². The number of piperidine rings is 1. The van der Waals surface area contributed by atoms with E-state index in [0.29, 0.717) is 13.2 Å². The van der Waals surface area contributed by atoms with Crippen molar-refractivity contribution in [2.75, 3.05) is 13.2 Å². The second-order valence-electron chi connectivity index (χ2n) is 5.97. The Labute approximate surface area is 142 Å². The fraction of sp³-hybridized carbons (Fsp3) is 0.556. The third kappa shape index (κ3) is 5.23. The van der Waals surface area contributed by atoms with Crippen molar-refractivity contribution < 1.29 is 19.1 Å². The predicted octanol–water partition coefficient (Wildman–Crippen LogP) is 2.46. The van der Waals surface area contributed by atoms with E-state index in [1.165, 1.54) is 0 Å². The van der Waals surface area contributed by atoms with Gasteiger partial charge in [0.2, 0.25) is 0 Å². The van der Waals surface area contributed by atoms with Crippen LogP contribution in [0.4, 0.5) is 4.79 Å².